The first kappa shape index (κ1) is 15.3. The molecule has 0 fully saturated rings. The number of hydrogen-bond acceptors (Lipinski definition) is 4. The zero-order valence-corrected chi connectivity index (χ0v) is 12.8. The Morgan fingerprint density at radius 3 is 1.13 bits per heavy atom. The summed E-state index contributed by atoms with van der Waals surface area (Å²) in [7, 11) is 3.06. The van der Waals surface area contributed by atoms with E-state index in [2.05, 4.69) is 13.1 Å². The third kappa shape index (κ3) is 5.23. The first-order valence-electron chi connectivity index (χ1n) is 5.16. The van der Waals surface area contributed by atoms with E-state index in [1.54, 1.807) is 28.4 Å². The van der Waals surface area contributed by atoms with Gasteiger partial charge in [0.2, 0.25) is 0 Å². The van der Waals surface area contributed by atoms with Crippen LogP contribution >= 0.6 is 0 Å². The maximum absolute atomic E-state index is 5.42. The maximum atomic E-state index is 5.42. The molecule has 0 N–H and O–H groups in total. The van der Waals surface area contributed by atoms with E-state index in [-0.39, 0.29) is 0 Å². The van der Waals surface area contributed by atoms with Crippen LogP contribution in [0, 0.1) is 0 Å². The summed E-state index contributed by atoms with van der Waals surface area (Å²) in [4.78, 5) is 0. The minimum Gasteiger partial charge on any atom is -0.398 e. The van der Waals surface area contributed by atoms with Crippen LogP contribution in [-0.4, -0.2) is 45.6 Å². The zero-order valence-electron chi connectivity index (χ0n) is 10.8. The van der Waals surface area contributed by atoms with E-state index in [1.807, 2.05) is 0 Å². The van der Waals surface area contributed by atoms with Crippen LogP contribution in [0.15, 0.2) is 0 Å². The van der Waals surface area contributed by atoms with Crippen molar-refractivity contribution in [2.45, 2.75) is 31.6 Å². The zero-order chi connectivity index (χ0) is 11.9. The lowest BCUT2D eigenvalue weighted by molar-refractivity contribution is 0.241. The van der Waals surface area contributed by atoms with Gasteiger partial charge < -0.3 is 17.7 Å². The molecule has 6 heteroatoms. The molecule has 4 nitrogen and oxygen atoms in total. The quantitative estimate of drug-likeness (QED) is 0.620. The first-order chi connectivity index (χ1) is 6.95. The summed E-state index contributed by atoms with van der Waals surface area (Å²) in [6.45, 7) is 4.15. The van der Waals surface area contributed by atoms with Gasteiger partial charge in [-0.25, -0.2) is 0 Å². The monoisotopic (exact) mass is 252 g/mol. The van der Waals surface area contributed by atoms with Crippen molar-refractivity contribution in [2.75, 3.05) is 28.4 Å². The molecule has 92 valence electrons. The molecule has 0 bridgehead atoms. The minimum atomic E-state index is -1.91. The van der Waals surface area contributed by atoms with Gasteiger partial charge in [-0.15, -0.1) is 0 Å². The van der Waals surface area contributed by atoms with Crippen molar-refractivity contribution in [3.8, 4) is 0 Å². The van der Waals surface area contributed by atoms with Crippen LogP contribution in [-0.2, 0) is 17.7 Å². The molecule has 0 rings (SSSR count). The van der Waals surface area contributed by atoms with Crippen molar-refractivity contribution in [1.29, 1.82) is 0 Å². The predicted octanol–water partition coefficient (Wildman–Crippen LogP) is 2.11. The van der Waals surface area contributed by atoms with Gasteiger partial charge in [0, 0.05) is 28.4 Å². The molecule has 0 aromatic carbocycles. The van der Waals surface area contributed by atoms with Crippen LogP contribution in [0.3, 0.4) is 0 Å². The lowest BCUT2D eigenvalue weighted by atomic mass is 10.6. The smallest absolute Gasteiger partial charge is 0.334 e. The van der Waals surface area contributed by atoms with Gasteiger partial charge in [0.25, 0.3) is 0 Å². The largest absolute Gasteiger partial charge is 0.398 e. The Balaban J connectivity index is 3.96. The molecule has 0 aromatic rings. The standard InChI is InChI=1S/C9H24O4Si2/c1-10-14(5,11-2)8-7-9-15(6,12-3)13-4/h7-9H2,1-6H3. The van der Waals surface area contributed by atoms with Crippen LogP contribution < -0.4 is 0 Å². The number of hydrogen-bond donors (Lipinski definition) is 0. The van der Waals surface area contributed by atoms with E-state index < -0.39 is 17.1 Å². The molecule has 0 amide bonds. The average molecular weight is 252 g/mol. The van der Waals surface area contributed by atoms with E-state index in [1.165, 1.54) is 0 Å². The second-order valence-electron chi connectivity index (χ2n) is 3.94. The molecule has 0 aliphatic carbocycles. The molecular formula is C9H24O4Si2. The summed E-state index contributed by atoms with van der Waals surface area (Å²) < 4.78 is 21.7. The molecule has 0 radical (unpaired) electrons. The molecule has 0 saturated heterocycles. The SMILES string of the molecule is CO[Si](C)(CCC[Si](C)(OC)OC)OC. The summed E-state index contributed by atoms with van der Waals surface area (Å²) in [5.74, 6) is 0. The normalized spacial score (nSPS) is 13.2. The fourth-order valence-corrected chi connectivity index (χ4v) is 4.45. The highest BCUT2D eigenvalue weighted by Gasteiger charge is 2.32. The predicted molar refractivity (Wildman–Crippen MR) is 65.5 cm³/mol. The van der Waals surface area contributed by atoms with E-state index in [0.717, 1.165) is 18.5 Å². The van der Waals surface area contributed by atoms with Gasteiger partial charge in [-0.2, -0.15) is 0 Å². The van der Waals surface area contributed by atoms with Gasteiger partial charge in [0.05, 0.1) is 0 Å². The molecule has 0 spiro atoms. The summed E-state index contributed by atoms with van der Waals surface area (Å²) in [6.07, 6.45) is 1.04. The maximum Gasteiger partial charge on any atom is 0.334 e. The van der Waals surface area contributed by atoms with Gasteiger partial charge in [0.1, 0.15) is 0 Å². The molecule has 0 aliphatic rings. The Kier molecular flexibility index (Phi) is 6.89. The Morgan fingerprint density at radius 1 is 0.667 bits per heavy atom. The number of rotatable bonds is 8. The van der Waals surface area contributed by atoms with Crippen molar-refractivity contribution in [3.05, 3.63) is 0 Å². The highest BCUT2D eigenvalue weighted by atomic mass is 28.4. The Morgan fingerprint density at radius 2 is 0.933 bits per heavy atom. The third-order valence-corrected chi connectivity index (χ3v) is 8.97. The Labute approximate surface area is 95.4 Å². The van der Waals surface area contributed by atoms with E-state index >= 15 is 0 Å². The van der Waals surface area contributed by atoms with Gasteiger partial charge in [-0.1, -0.05) is 0 Å². The summed E-state index contributed by atoms with van der Waals surface area (Å²) in [6, 6.07) is 1.96. The van der Waals surface area contributed by atoms with E-state index in [0.29, 0.717) is 0 Å². The van der Waals surface area contributed by atoms with Gasteiger partial charge in [0.15, 0.2) is 0 Å². The van der Waals surface area contributed by atoms with Gasteiger partial charge in [-0.05, 0) is 31.6 Å². The van der Waals surface area contributed by atoms with Gasteiger partial charge >= 0.3 is 17.1 Å². The van der Waals surface area contributed by atoms with E-state index in [4.69, 9.17) is 17.7 Å². The lowest BCUT2D eigenvalue weighted by Gasteiger charge is -2.26. The topological polar surface area (TPSA) is 36.9 Å². The highest BCUT2D eigenvalue weighted by molar-refractivity contribution is 6.67. The fourth-order valence-electron chi connectivity index (χ4n) is 1.31. The Hall–Kier alpha value is 0.274. The van der Waals surface area contributed by atoms with Crippen LogP contribution in [0.5, 0.6) is 0 Å². The fraction of sp³-hybridized carbons (Fsp3) is 1.00. The second-order valence-corrected chi connectivity index (χ2v) is 11.1. The highest BCUT2D eigenvalue weighted by Crippen LogP contribution is 2.21. The molecule has 0 unspecified atom stereocenters. The molecule has 15 heavy (non-hydrogen) atoms. The molecule has 0 heterocycles. The van der Waals surface area contributed by atoms with Crippen molar-refractivity contribution < 1.29 is 17.7 Å². The van der Waals surface area contributed by atoms with E-state index in [9.17, 15) is 0 Å². The molecular weight excluding hydrogens is 228 g/mol. The Bertz CT molecular complexity index is 151. The summed E-state index contributed by atoms with van der Waals surface area (Å²) >= 11 is 0. The average Bonchev–Trinajstić information content (AvgIpc) is 2.28. The van der Waals surface area contributed by atoms with Gasteiger partial charge in [-0.3, -0.25) is 0 Å². The third-order valence-electron chi connectivity index (χ3n) is 2.99. The molecule has 0 aromatic heterocycles. The van der Waals surface area contributed by atoms with Crippen molar-refractivity contribution >= 4 is 17.1 Å². The van der Waals surface area contributed by atoms with Crippen LogP contribution in [0.2, 0.25) is 25.2 Å². The van der Waals surface area contributed by atoms with Crippen molar-refractivity contribution in [3.63, 3.8) is 0 Å². The summed E-state index contributed by atoms with van der Waals surface area (Å²) in [5, 5.41) is 0. The molecule has 0 aliphatic heterocycles. The molecule has 0 saturated carbocycles. The molecule has 0 atom stereocenters. The van der Waals surface area contributed by atoms with Crippen LogP contribution in [0.1, 0.15) is 6.42 Å². The lowest BCUT2D eigenvalue weighted by Crippen LogP contribution is -2.39. The van der Waals surface area contributed by atoms with Crippen LogP contribution in [0.4, 0.5) is 0 Å². The van der Waals surface area contributed by atoms with Crippen LogP contribution in [0.25, 0.3) is 0 Å². The minimum absolute atomic E-state index is 0.981. The summed E-state index contributed by atoms with van der Waals surface area (Å²) in [5.41, 5.74) is 0. The first-order valence-corrected chi connectivity index (χ1v) is 10.2. The second kappa shape index (κ2) is 6.77. The van der Waals surface area contributed by atoms with Crippen molar-refractivity contribution in [2.24, 2.45) is 0 Å². The van der Waals surface area contributed by atoms with Crippen molar-refractivity contribution in [1.82, 2.24) is 0 Å².